The van der Waals surface area contributed by atoms with Crippen molar-refractivity contribution in [1.82, 2.24) is 19.9 Å². The molecule has 1 saturated heterocycles. The smallest absolute Gasteiger partial charge is 0.245 e. The van der Waals surface area contributed by atoms with Crippen LogP contribution in [0.4, 0.5) is 11.4 Å². The molecule has 0 saturated carbocycles. The molecular weight excluding hydrogens is 468 g/mol. The fourth-order valence-corrected chi connectivity index (χ4v) is 4.44. The van der Waals surface area contributed by atoms with Gasteiger partial charge in [0.05, 0.1) is 18.7 Å². The van der Waals surface area contributed by atoms with Crippen LogP contribution in [0.25, 0.3) is 11.0 Å². The molecular formula is C28H30N6O3. The number of nitrogens with one attached hydrogen (secondary N) is 1. The highest BCUT2D eigenvalue weighted by atomic mass is 16.5. The fraction of sp³-hybridized carbons (Fsp3) is 0.286. The minimum Gasteiger partial charge on any atom is -0.378 e. The molecule has 0 radical (unpaired) electrons. The molecule has 1 fully saturated rings. The van der Waals surface area contributed by atoms with Gasteiger partial charge in [0.2, 0.25) is 11.8 Å². The summed E-state index contributed by atoms with van der Waals surface area (Å²) in [5.41, 5.74) is 5.33. The number of carbonyl (C=O) groups excluding carboxylic acids is 2. The predicted octanol–water partition coefficient (Wildman–Crippen LogP) is 3.24. The summed E-state index contributed by atoms with van der Waals surface area (Å²) in [6.45, 7) is 5.37. The van der Waals surface area contributed by atoms with Crippen molar-refractivity contribution in [2.45, 2.75) is 20.0 Å². The molecule has 1 aromatic heterocycles. The van der Waals surface area contributed by atoms with E-state index in [2.05, 4.69) is 20.5 Å². The molecule has 1 aliphatic heterocycles. The Morgan fingerprint density at radius 2 is 1.70 bits per heavy atom. The second-order valence-corrected chi connectivity index (χ2v) is 9.11. The lowest BCUT2D eigenvalue weighted by molar-refractivity contribution is -0.136. The first kappa shape index (κ1) is 24.5. The van der Waals surface area contributed by atoms with Crippen molar-refractivity contribution in [3.8, 4) is 0 Å². The van der Waals surface area contributed by atoms with E-state index in [-0.39, 0.29) is 24.9 Å². The molecule has 37 heavy (non-hydrogen) atoms. The zero-order chi connectivity index (χ0) is 25.6. The van der Waals surface area contributed by atoms with Gasteiger partial charge in [-0.1, -0.05) is 41.6 Å². The second-order valence-electron chi connectivity index (χ2n) is 9.11. The van der Waals surface area contributed by atoms with Crippen LogP contribution in [0.3, 0.4) is 0 Å². The molecule has 0 bridgehead atoms. The minimum atomic E-state index is -0.260. The van der Waals surface area contributed by atoms with E-state index in [1.165, 1.54) is 0 Å². The van der Waals surface area contributed by atoms with Gasteiger partial charge in [-0.2, -0.15) is 0 Å². The van der Waals surface area contributed by atoms with Crippen molar-refractivity contribution in [2.75, 3.05) is 43.1 Å². The number of para-hydroxylation sites is 1. The van der Waals surface area contributed by atoms with E-state index in [0.29, 0.717) is 25.4 Å². The summed E-state index contributed by atoms with van der Waals surface area (Å²) in [7, 11) is 0. The summed E-state index contributed by atoms with van der Waals surface area (Å²) in [6.07, 6.45) is 0. The lowest BCUT2D eigenvalue weighted by atomic mass is 10.1. The Hall–Kier alpha value is -4.24. The monoisotopic (exact) mass is 498 g/mol. The van der Waals surface area contributed by atoms with Gasteiger partial charge in [0.25, 0.3) is 0 Å². The van der Waals surface area contributed by atoms with Crippen molar-refractivity contribution in [1.29, 1.82) is 0 Å². The maximum atomic E-state index is 13.4. The van der Waals surface area contributed by atoms with Crippen molar-refractivity contribution in [3.05, 3.63) is 83.9 Å². The largest absolute Gasteiger partial charge is 0.378 e. The summed E-state index contributed by atoms with van der Waals surface area (Å²) >= 11 is 0. The Balaban J connectivity index is 1.29. The van der Waals surface area contributed by atoms with E-state index in [4.69, 9.17) is 4.74 Å². The molecule has 0 atom stereocenters. The molecule has 1 aliphatic rings. The van der Waals surface area contributed by atoms with Crippen LogP contribution in [0.1, 0.15) is 11.1 Å². The van der Waals surface area contributed by atoms with Crippen LogP contribution in [-0.2, 0) is 27.4 Å². The summed E-state index contributed by atoms with van der Waals surface area (Å²) in [5.74, 6) is -0.471. The first-order chi connectivity index (χ1) is 18.1. The SMILES string of the molecule is Cc1ccccc1CN(CC(=O)Nc1ccc(N2CCOCC2)cc1)C(=O)Cn1nnc2ccccc21. The zero-order valence-corrected chi connectivity index (χ0v) is 20.8. The van der Waals surface area contributed by atoms with Gasteiger partial charge in [0.15, 0.2) is 0 Å². The van der Waals surface area contributed by atoms with E-state index < -0.39 is 0 Å². The van der Waals surface area contributed by atoms with Crippen LogP contribution >= 0.6 is 0 Å². The van der Waals surface area contributed by atoms with Crippen LogP contribution in [0.15, 0.2) is 72.8 Å². The normalized spacial score (nSPS) is 13.5. The zero-order valence-electron chi connectivity index (χ0n) is 20.8. The van der Waals surface area contributed by atoms with Crippen LogP contribution < -0.4 is 10.2 Å². The van der Waals surface area contributed by atoms with Gasteiger partial charge in [0.1, 0.15) is 18.6 Å². The number of hydrogen-bond donors (Lipinski definition) is 1. The molecule has 9 heteroatoms. The first-order valence-electron chi connectivity index (χ1n) is 12.4. The van der Waals surface area contributed by atoms with E-state index in [0.717, 1.165) is 40.9 Å². The number of anilines is 2. The van der Waals surface area contributed by atoms with Gasteiger partial charge in [-0.15, -0.1) is 5.10 Å². The third kappa shape index (κ3) is 5.95. The lowest BCUT2D eigenvalue weighted by Gasteiger charge is -2.29. The second kappa shape index (κ2) is 11.2. The van der Waals surface area contributed by atoms with E-state index in [1.54, 1.807) is 9.58 Å². The van der Waals surface area contributed by atoms with Gasteiger partial charge in [-0.3, -0.25) is 9.59 Å². The number of morpholine rings is 1. The average Bonchev–Trinajstić information content (AvgIpc) is 3.33. The standard InChI is InChI=1S/C28H30N6O3/c1-21-6-2-3-7-22(21)18-33(28(36)20-34-26-9-5-4-8-25(26)30-31-34)19-27(35)29-23-10-12-24(13-11-23)32-14-16-37-17-15-32/h2-13H,14-20H2,1H3,(H,29,35). The number of hydrogen-bond acceptors (Lipinski definition) is 6. The average molecular weight is 499 g/mol. The summed E-state index contributed by atoms with van der Waals surface area (Å²) in [5, 5.41) is 11.2. The van der Waals surface area contributed by atoms with Crippen LogP contribution in [-0.4, -0.2) is 64.6 Å². The maximum Gasteiger partial charge on any atom is 0.245 e. The number of carbonyl (C=O) groups is 2. The number of benzene rings is 3. The third-order valence-electron chi connectivity index (χ3n) is 6.54. The number of ether oxygens (including phenoxy) is 1. The maximum absolute atomic E-state index is 13.4. The lowest BCUT2D eigenvalue weighted by Crippen LogP contribution is -2.39. The number of aromatic nitrogens is 3. The molecule has 5 rings (SSSR count). The molecule has 2 amide bonds. The van der Waals surface area contributed by atoms with Gasteiger partial charge in [0, 0.05) is 31.0 Å². The van der Waals surface area contributed by atoms with E-state index in [1.807, 2.05) is 79.7 Å². The van der Waals surface area contributed by atoms with Crippen LogP contribution in [0.5, 0.6) is 0 Å². The topological polar surface area (TPSA) is 92.6 Å². The van der Waals surface area contributed by atoms with E-state index in [9.17, 15) is 9.59 Å². The highest BCUT2D eigenvalue weighted by Gasteiger charge is 2.21. The van der Waals surface area contributed by atoms with Crippen molar-refractivity contribution in [2.24, 2.45) is 0 Å². The third-order valence-corrected chi connectivity index (χ3v) is 6.54. The van der Waals surface area contributed by atoms with Gasteiger partial charge in [-0.05, 0) is 54.4 Å². The number of aryl methyl sites for hydroxylation is 1. The molecule has 1 N–H and O–H groups in total. The first-order valence-corrected chi connectivity index (χ1v) is 12.4. The molecule has 2 heterocycles. The summed E-state index contributed by atoms with van der Waals surface area (Å²) in [4.78, 5) is 30.3. The molecule has 3 aromatic carbocycles. The number of amides is 2. The molecule has 0 unspecified atom stereocenters. The Kier molecular flexibility index (Phi) is 7.41. The van der Waals surface area contributed by atoms with E-state index >= 15 is 0 Å². The fourth-order valence-electron chi connectivity index (χ4n) is 4.44. The number of fused-ring (bicyclic) bond motifs is 1. The molecule has 0 aliphatic carbocycles. The predicted molar refractivity (Wildman–Crippen MR) is 142 cm³/mol. The van der Waals surface area contributed by atoms with Crippen molar-refractivity contribution < 1.29 is 14.3 Å². The Morgan fingerprint density at radius 3 is 2.49 bits per heavy atom. The van der Waals surface area contributed by atoms with Gasteiger partial charge >= 0.3 is 0 Å². The van der Waals surface area contributed by atoms with Crippen molar-refractivity contribution in [3.63, 3.8) is 0 Å². The Bertz CT molecular complexity index is 1380. The van der Waals surface area contributed by atoms with Crippen molar-refractivity contribution >= 4 is 34.2 Å². The molecule has 4 aromatic rings. The van der Waals surface area contributed by atoms with Crippen LogP contribution in [0, 0.1) is 6.92 Å². The quantitative estimate of drug-likeness (QED) is 0.401. The highest BCUT2D eigenvalue weighted by molar-refractivity contribution is 5.94. The van der Waals surface area contributed by atoms with Gasteiger partial charge in [-0.25, -0.2) is 4.68 Å². The number of nitrogens with zero attached hydrogens (tertiary/aromatic N) is 5. The molecule has 9 nitrogen and oxygen atoms in total. The molecule has 190 valence electrons. The van der Waals surface area contributed by atoms with Gasteiger partial charge < -0.3 is 19.9 Å². The minimum absolute atomic E-state index is 0.00603. The molecule has 0 spiro atoms. The summed E-state index contributed by atoms with van der Waals surface area (Å²) < 4.78 is 6.99. The summed E-state index contributed by atoms with van der Waals surface area (Å²) in [6, 6.07) is 23.1. The Morgan fingerprint density at radius 1 is 0.973 bits per heavy atom. The number of rotatable bonds is 8. The highest BCUT2D eigenvalue weighted by Crippen LogP contribution is 2.19. The van der Waals surface area contributed by atoms with Crippen LogP contribution in [0.2, 0.25) is 0 Å². The Labute approximate surface area is 215 Å².